The first-order chi connectivity index (χ1) is 9.89. The molecule has 21 heavy (non-hydrogen) atoms. The standard InChI is InChI=1S/C13H17F3N2O2S/c14-10-1-2-11(13(16)12(10)15)18-21(19,20)8-5-9-3-6-17-7-4-9/h1-2,9,17-18H,3-8H2. The van der Waals surface area contributed by atoms with Gasteiger partial charge < -0.3 is 5.32 Å². The molecule has 0 radical (unpaired) electrons. The predicted molar refractivity (Wildman–Crippen MR) is 73.9 cm³/mol. The second-order valence-corrected chi connectivity index (χ2v) is 6.97. The van der Waals surface area contributed by atoms with Gasteiger partial charge in [-0.1, -0.05) is 0 Å². The molecule has 1 aliphatic rings. The normalized spacial score (nSPS) is 16.9. The predicted octanol–water partition coefficient (Wildman–Crippen LogP) is 2.24. The number of rotatable bonds is 5. The summed E-state index contributed by atoms with van der Waals surface area (Å²) in [7, 11) is -3.79. The van der Waals surface area contributed by atoms with Crippen molar-refractivity contribution < 1.29 is 21.6 Å². The Morgan fingerprint density at radius 3 is 2.48 bits per heavy atom. The summed E-state index contributed by atoms with van der Waals surface area (Å²) in [6.07, 6.45) is 2.26. The quantitative estimate of drug-likeness (QED) is 0.818. The summed E-state index contributed by atoms with van der Waals surface area (Å²) in [6.45, 7) is 1.71. The van der Waals surface area contributed by atoms with Crippen LogP contribution >= 0.6 is 0 Å². The zero-order valence-electron chi connectivity index (χ0n) is 11.3. The highest BCUT2D eigenvalue weighted by atomic mass is 32.2. The van der Waals surface area contributed by atoms with Crippen LogP contribution < -0.4 is 10.0 Å². The van der Waals surface area contributed by atoms with Crippen LogP contribution in [0.2, 0.25) is 0 Å². The fourth-order valence-corrected chi connectivity index (χ4v) is 3.55. The van der Waals surface area contributed by atoms with Crippen LogP contribution in [-0.2, 0) is 10.0 Å². The smallest absolute Gasteiger partial charge is 0.232 e. The number of benzene rings is 1. The first kappa shape index (κ1) is 16.1. The maximum Gasteiger partial charge on any atom is 0.232 e. The van der Waals surface area contributed by atoms with Gasteiger partial charge in [0.05, 0.1) is 11.4 Å². The molecule has 0 bridgehead atoms. The van der Waals surface area contributed by atoms with Crippen molar-refractivity contribution in [1.82, 2.24) is 5.32 Å². The first-order valence-corrected chi connectivity index (χ1v) is 8.39. The molecule has 0 saturated carbocycles. The third-order valence-electron chi connectivity index (χ3n) is 3.55. The molecule has 1 fully saturated rings. The second-order valence-electron chi connectivity index (χ2n) is 5.13. The zero-order valence-corrected chi connectivity index (χ0v) is 12.1. The molecular formula is C13H17F3N2O2S. The average Bonchev–Trinajstić information content (AvgIpc) is 2.47. The minimum atomic E-state index is -3.79. The maximum absolute atomic E-state index is 13.4. The van der Waals surface area contributed by atoms with Crippen LogP contribution in [-0.4, -0.2) is 27.3 Å². The number of piperidine rings is 1. The Kier molecular flexibility index (Phi) is 5.10. The van der Waals surface area contributed by atoms with Crippen molar-refractivity contribution in [2.75, 3.05) is 23.6 Å². The zero-order chi connectivity index (χ0) is 15.5. The van der Waals surface area contributed by atoms with Crippen LogP contribution in [0.3, 0.4) is 0 Å². The Hall–Kier alpha value is -1.28. The molecule has 0 aliphatic carbocycles. The number of hydrogen-bond acceptors (Lipinski definition) is 3. The van der Waals surface area contributed by atoms with Crippen LogP contribution in [0, 0.1) is 23.4 Å². The molecule has 0 unspecified atom stereocenters. The van der Waals surface area contributed by atoms with Gasteiger partial charge in [0.15, 0.2) is 17.5 Å². The number of nitrogens with one attached hydrogen (secondary N) is 2. The van der Waals surface area contributed by atoms with Gasteiger partial charge in [-0.2, -0.15) is 0 Å². The van der Waals surface area contributed by atoms with Gasteiger partial charge in [0.25, 0.3) is 0 Å². The van der Waals surface area contributed by atoms with E-state index in [2.05, 4.69) is 5.32 Å². The largest absolute Gasteiger partial charge is 0.317 e. The van der Waals surface area contributed by atoms with E-state index in [1.165, 1.54) is 0 Å². The van der Waals surface area contributed by atoms with Crippen LogP contribution in [0.5, 0.6) is 0 Å². The molecule has 1 aromatic carbocycles. The molecule has 0 atom stereocenters. The summed E-state index contributed by atoms with van der Waals surface area (Å²) >= 11 is 0. The molecule has 2 N–H and O–H groups in total. The van der Waals surface area contributed by atoms with Crippen molar-refractivity contribution in [2.24, 2.45) is 5.92 Å². The number of anilines is 1. The molecule has 1 saturated heterocycles. The van der Waals surface area contributed by atoms with Crippen molar-refractivity contribution in [3.63, 3.8) is 0 Å². The number of hydrogen-bond donors (Lipinski definition) is 2. The second kappa shape index (κ2) is 6.65. The van der Waals surface area contributed by atoms with Gasteiger partial charge in [-0.05, 0) is 50.4 Å². The monoisotopic (exact) mass is 322 g/mol. The van der Waals surface area contributed by atoms with Gasteiger partial charge in [-0.15, -0.1) is 0 Å². The molecule has 0 aromatic heterocycles. The van der Waals surface area contributed by atoms with Gasteiger partial charge >= 0.3 is 0 Å². The van der Waals surface area contributed by atoms with Crippen molar-refractivity contribution in [3.05, 3.63) is 29.6 Å². The lowest BCUT2D eigenvalue weighted by Gasteiger charge is -2.22. The highest BCUT2D eigenvalue weighted by Gasteiger charge is 2.20. The van der Waals surface area contributed by atoms with E-state index in [0.717, 1.165) is 32.0 Å². The SMILES string of the molecule is O=S(=O)(CCC1CCNCC1)Nc1ccc(F)c(F)c1F. The highest BCUT2D eigenvalue weighted by Crippen LogP contribution is 2.22. The Morgan fingerprint density at radius 2 is 1.81 bits per heavy atom. The van der Waals surface area contributed by atoms with Crippen LogP contribution in [0.25, 0.3) is 0 Å². The summed E-state index contributed by atoms with van der Waals surface area (Å²) in [5.41, 5.74) is -0.570. The fraction of sp³-hybridized carbons (Fsp3) is 0.538. The van der Waals surface area contributed by atoms with Gasteiger partial charge in [-0.3, -0.25) is 4.72 Å². The fourth-order valence-electron chi connectivity index (χ4n) is 2.32. The number of sulfonamides is 1. The van der Waals surface area contributed by atoms with Gasteiger partial charge in [0.2, 0.25) is 10.0 Å². The summed E-state index contributed by atoms with van der Waals surface area (Å²) < 4.78 is 65.0. The molecule has 0 spiro atoms. The van der Waals surface area contributed by atoms with Crippen LogP contribution in [0.4, 0.5) is 18.9 Å². The molecule has 1 aliphatic heterocycles. The molecule has 118 valence electrons. The summed E-state index contributed by atoms with van der Waals surface area (Å²) in [6, 6.07) is 1.55. The van der Waals surface area contributed by atoms with Crippen LogP contribution in [0.1, 0.15) is 19.3 Å². The molecule has 1 heterocycles. The lowest BCUT2D eigenvalue weighted by Crippen LogP contribution is -2.29. The lowest BCUT2D eigenvalue weighted by molar-refractivity contribution is 0.365. The van der Waals surface area contributed by atoms with Gasteiger partial charge in [0, 0.05) is 0 Å². The van der Waals surface area contributed by atoms with Crippen molar-refractivity contribution in [3.8, 4) is 0 Å². The van der Waals surface area contributed by atoms with Crippen LogP contribution in [0.15, 0.2) is 12.1 Å². The van der Waals surface area contributed by atoms with Crippen molar-refractivity contribution in [1.29, 1.82) is 0 Å². The Morgan fingerprint density at radius 1 is 1.14 bits per heavy atom. The minimum Gasteiger partial charge on any atom is -0.317 e. The van der Waals surface area contributed by atoms with E-state index in [9.17, 15) is 21.6 Å². The highest BCUT2D eigenvalue weighted by molar-refractivity contribution is 7.92. The molecule has 4 nitrogen and oxygen atoms in total. The maximum atomic E-state index is 13.4. The summed E-state index contributed by atoms with van der Waals surface area (Å²) in [4.78, 5) is 0. The van der Waals surface area contributed by atoms with Gasteiger partial charge in [0.1, 0.15) is 0 Å². The molecule has 8 heteroatoms. The number of halogens is 3. The molecule has 1 aromatic rings. The Bertz CT molecular complexity index is 602. The third-order valence-corrected chi connectivity index (χ3v) is 4.86. The van der Waals surface area contributed by atoms with E-state index in [1.54, 1.807) is 0 Å². The van der Waals surface area contributed by atoms with E-state index >= 15 is 0 Å². The summed E-state index contributed by atoms with van der Waals surface area (Å²) in [5.74, 6) is -4.44. The molecule has 2 rings (SSSR count). The van der Waals surface area contributed by atoms with E-state index in [-0.39, 0.29) is 5.75 Å². The van der Waals surface area contributed by atoms with Gasteiger partial charge in [-0.25, -0.2) is 21.6 Å². The minimum absolute atomic E-state index is 0.171. The molecule has 0 amide bonds. The summed E-state index contributed by atoms with van der Waals surface area (Å²) in [5, 5.41) is 3.18. The average molecular weight is 322 g/mol. The Labute approximate surface area is 121 Å². The van der Waals surface area contributed by atoms with E-state index in [0.29, 0.717) is 18.4 Å². The van der Waals surface area contributed by atoms with Crippen molar-refractivity contribution >= 4 is 15.7 Å². The van der Waals surface area contributed by atoms with Crippen molar-refractivity contribution in [2.45, 2.75) is 19.3 Å². The third kappa shape index (κ3) is 4.34. The Balaban J connectivity index is 1.99. The first-order valence-electron chi connectivity index (χ1n) is 6.74. The topological polar surface area (TPSA) is 58.2 Å². The van der Waals surface area contributed by atoms with E-state index in [1.807, 2.05) is 4.72 Å². The lowest BCUT2D eigenvalue weighted by atomic mass is 9.96. The van der Waals surface area contributed by atoms with E-state index in [4.69, 9.17) is 0 Å². The molecular weight excluding hydrogens is 305 g/mol. The van der Waals surface area contributed by atoms with E-state index < -0.39 is 33.2 Å².